The first-order chi connectivity index (χ1) is 8.78. The lowest BCUT2D eigenvalue weighted by Crippen LogP contribution is -2.19. The van der Waals surface area contributed by atoms with Crippen LogP contribution in [-0.4, -0.2) is 60.9 Å². The van der Waals surface area contributed by atoms with E-state index in [1.54, 1.807) is 0 Å². The van der Waals surface area contributed by atoms with Crippen molar-refractivity contribution in [3.8, 4) is 0 Å². The number of ketones is 1. The van der Waals surface area contributed by atoms with Gasteiger partial charge in [-0.05, 0) is 6.92 Å². The summed E-state index contributed by atoms with van der Waals surface area (Å²) in [6, 6.07) is 0. The van der Waals surface area contributed by atoms with E-state index < -0.39 is 40.4 Å². The van der Waals surface area contributed by atoms with Crippen molar-refractivity contribution >= 4 is 27.7 Å². The fraction of sp³-hybridized carbons (Fsp3) is 0.667. The minimum atomic E-state index is -4.75. The summed E-state index contributed by atoms with van der Waals surface area (Å²) in [6.07, 6.45) is -3.40. The van der Waals surface area contributed by atoms with Gasteiger partial charge in [-0.1, -0.05) is 0 Å². The van der Waals surface area contributed by atoms with Crippen LogP contribution in [0.15, 0.2) is 0 Å². The standard InChI is InChI=1S/2C3H7O6P/c4-1-3(5)2-9-10(6,7)8;1-2(4)3(5)9-10(6,7)8/h1,3,5H,2H2,(H2,6,7,8);3,5H,1H3,(H2,6,7,8). The number of hydrogen-bond acceptors (Lipinski definition) is 8. The van der Waals surface area contributed by atoms with Gasteiger partial charge in [-0.2, -0.15) is 0 Å². The van der Waals surface area contributed by atoms with Gasteiger partial charge in [0.25, 0.3) is 0 Å². The van der Waals surface area contributed by atoms with E-state index in [0.29, 0.717) is 0 Å². The molecule has 6 N–H and O–H groups in total. The van der Waals surface area contributed by atoms with Gasteiger partial charge in [-0.25, -0.2) is 13.7 Å². The third kappa shape index (κ3) is 17.5. The van der Waals surface area contributed by atoms with Crippen LogP contribution in [0.3, 0.4) is 0 Å². The van der Waals surface area contributed by atoms with Crippen molar-refractivity contribution in [3.05, 3.63) is 0 Å². The van der Waals surface area contributed by atoms with Crippen LogP contribution < -0.4 is 0 Å². The highest BCUT2D eigenvalue weighted by molar-refractivity contribution is 7.46. The summed E-state index contributed by atoms with van der Waals surface area (Å²) in [4.78, 5) is 51.8. The largest absolute Gasteiger partial charge is 0.472 e. The maximum atomic E-state index is 10.1. The van der Waals surface area contributed by atoms with Crippen molar-refractivity contribution in [1.82, 2.24) is 0 Å². The number of aliphatic hydroxyl groups is 2. The van der Waals surface area contributed by atoms with Gasteiger partial charge in [-0.15, -0.1) is 0 Å². The predicted octanol–water partition coefficient (Wildman–Crippen LogP) is -2.34. The summed E-state index contributed by atoms with van der Waals surface area (Å²) in [6.45, 7) is 0.258. The van der Waals surface area contributed by atoms with Crippen LogP contribution in [0.2, 0.25) is 0 Å². The normalized spacial score (nSPS) is 14.8. The van der Waals surface area contributed by atoms with Crippen molar-refractivity contribution < 1.29 is 57.6 Å². The molecule has 0 heterocycles. The summed E-state index contributed by atoms with van der Waals surface area (Å²) in [7, 11) is -9.30. The van der Waals surface area contributed by atoms with Crippen LogP contribution in [0, 0.1) is 0 Å². The molecule has 0 rings (SSSR count). The molecule has 0 aliphatic carbocycles. The second kappa shape index (κ2) is 9.42. The molecule has 0 spiro atoms. The Morgan fingerprint density at radius 1 is 1.15 bits per heavy atom. The number of carbonyl (C=O) groups excluding carboxylic acids is 2. The zero-order valence-corrected chi connectivity index (χ0v) is 11.8. The molecule has 0 saturated heterocycles. The maximum Gasteiger partial charge on any atom is 0.472 e. The molecule has 0 bridgehead atoms. The molecule has 0 aromatic rings. The van der Waals surface area contributed by atoms with Crippen LogP contribution in [0.4, 0.5) is 0 Å². The Kier molecular flexibility index (Phi) is 10.3. The van der Waals surface area contributed by atoms with E-state index in [4.69, 9.17) is 29.8 Å². The molecule has 0 radical (unpaired) electrons. The van der Waals surface area contributed by atoms with E-state index in [0.717, 1.165) is 6.92 Å². The van der Waals surface area contributed by atoms with Crippen LogP contribution in [-0.2, 0) is 27.8 Å². The van der Waals surface area contributed by atoms with E-state index in [2.05, 4.69) is 9.05 Å². The van der Waals surface area contributed by atoms with Crippen molar-refractivity contribution in [3.63, 3.8) is 0 Å². The van der Waals surface area contributed by atoms with Crippen LogP contribution in [0.5, 0.6) is 0 Å². The van der Waals surface area contributed by atoms with E-state index in [1.165, 1.54) is 0 Å². The Morgan fingerprint density at radius 2 is 1.60 bits per heavy atom. The van der Waals surface area contributed by atoms with E-state index >= 15 is 0 Å². The van der Waals surface area contributed by atoms with Crippen molar-refractivity contribution in [2.45, 2.75) is 19.3 Å². The first-order valence-corrected chi connectivity index (χ1v) is 7.60. The highest BCUT2D eigenvalue weighted by Crippen LogP contribution is 2.37. The van der Waals surface area contributed by atoms with Gasteiger partial charge in [-0.3, -0.25) is 9.32 Å². The van der Waals surface area contributed by atoms with Crippen LogP contribution in [0.1, 0.15) is 6.92 Å². The van der Waals surface area contributed by atoms with Gasteiger partial charge < -0.3 is 34.6 Å². The fourth-order valence-electron chi connectivity index (χ4n) is 0.417. The average molecular weight is 340 g/mol. The Morgan fingerprint density at radius 3 is 1.80 bits per heavy atom. The van der Waals surface area contributed by atoms with E-state index in [9.17, 15) is 18.7 Å². The van der Waals surface area contributed by atoms with Gasteiger partial charge in [0.05, 0.1) is 6.61 Å². The van der Waals surface area contributed by atoms with E-state index in [-0.39, 0.29) is 6.29 Å². The summed E-state index contributed by atoms with van der Waals surface area (Å²) >= 11 is 0. The number of rotatable bonds is 7. The van der Waals surface area contributed by atoms with Crippen molar-refractivity contribution in [1.29, 1.82) is 0 Å². The second-order valence-corrected chi connectivity index (χ2v) is 5.48. The van der Waals surface area contributed by atoms with E-state index in [1.807, 2.05) is 0 Å². The fourth-order valence-corrected chi connectivity index (χ4v) is 1.17. The third-order valence-electron chi connectivity index (χ3n) is 1.16. The van der Waals surface area contributed by atoms with Gasteiger partial charge in [0, 0.05) is 0 Å². The molecular formula is C6H14O12P2. The molecule has 0 saturated carbocycles. The minimum absolute atomic E-state index is 0.121. The smallest absolute Gasteiger partial charge is 0.383 e. The number of carbonyl (C=O) groups is 2. The average Bonchev–Trinajstić information content (AvgIpc) is 2.23. The van der Waals surface area contributed by atoms with Gasteiger partial charge in [0.1, 0.15) is 6.10 Å². The monoisotopic (exact) mass is 340 g/mol. The van der Waals surface area contributed by atoms with Crippen LogP contribution in [0.25, 0.3) is 0 Å². The highest BCUT2D eigenvalue weighted by Gasteiger charge is 2.22. The summed E-state index contributed by atoms with van der Waals surface area (Å²) in [5.74, 6) is -0.858. The lowest BCUT2D eigenvalue weighted by molar-refractivity contribution is -0.140. The lowest BCUT2D eigenvalue weighted by Gasteiger charge is -2.07. The molecule has 0 aromatic carbocycles. The predicted molar refractivity (Wildman–Crippen MR) is 59.9 cm³/mol. The zero-order chi connectivity index (χ0) is 16.6. The molecule has 120 valence electrons. The Bertz CT molecular complexity index is 395. The number of phosphoric ester groups is 2. The van der Waals surface area contributed by atoms with Crippen LogP contribution >= 0.6 is 15.6 Å². The summed E-state index contributed by atoms with van der Waals surface area (Å²) in [5, 5.41) is 16.8. The number of phosphoric acid groups is 2. The SMILES string of the molecule is CC(=O)C(O)OP(=O)(O)O.O=CC(O)COP(=O)(O)O. The summed E-state index contributed by atoms with van der Waals surface area (Å²) < 4.78 is 27.1. The Hall–Kier alpha value is -0.520. The molecule has 12 nitrogen and oxygen atoms in total. The molecule has 0 fully saturated rings. The molecule has 2 atom stereocenters. The number of hydrogen-bond donors (Lipinski definition) is 6. The highest BCUT2D eigenvalue weighted by atomic mass is 31.2. The molecule has 0 aliphatic rings. The van der Waals surface area contributed by atoms with Gasteiger partial charge in [0.2, 0.25) is 6.29 Å². The Balaban J connectivity index is 0. The summed E-state index contributed by atoms with van der Waals surface area (Å²) in [5.41, 5.74) is 0. The number of Topliss-reactive ketones (excluding diaryl/α,β-unsaturated/α-hetero) is 1. The first kappa shape index (κ1) is 21.8. The molecule has 0 aliphatic heterocycles. The lowest BCUT2D eigenvalue weighted by atomic mass is 10.4. The first-order valence-electron chi connectivity index (χ1n) is 4.54. The van der Waals surface area contributed by atoms with Crippen molar-refractivity contribution in [2.75, 3.05) is 6.61 Å². The topological polar surface area (TPSA) is 208 Å². The third-order valence-corrected chi connectivity index (χ3v) is 2.12. The zero-order valence-electron chi connectivity index (χ0n) is 9.97. The maximum absolute atomic E-state index is 10.1. The van der Waals surface area contributed by atoms with Gasteiger partial charge >= 0.3 is 15.6 Å². The molecule has 2 unspecified atom stereocenters. The molecular weight excluding hydrogens is 326 g/mol. The molecule has 20 heavy (non-hydrogen) atoms. The number of aldehydes is 1. The molecule has 14 heteroatoms. The second-order valence-electron chi connectivity index (χ2n) is 3.05. The molecule has 0 amide bonds. The molecule has 0 aromatic heterocycles. The van der Waals surface area contributed by atoms with Crippen molar-refractivity contribution in [2.24, 2.45) is 0 Å². The minimum Gasteiger partial charge on any atom is -0.383 e. The number of aliphatic hydroxyl groups excluding tert-OH is 2. The van der Waals surface area contributed by atoms with Gasteiger partial charge in [0.15, 0.2) is 12.1 Å². The quantitative estimate of drug-likeness (QED) is 0.164. The Labute approximate surface area is 112 Å².